The van der Waals surface area contributed by atoms with Gasteiger partial charge in [-0.2, -0.15) is 13.2 Å². The molecule has 2 heterocycles. The van der Waals surface area contributed by atoms with Crippen LogP contribution in [0.1, 0.15) is 47.8 Å². The number of alkyl halides is 3. The fraction of sp³-hybridized carbons (Fsp3) is 0.308. The normalized spacial score (nSPS) is 14.5. The zero-order valence-corrected chi connectivity index (χ0v) is 21.6. The molecule has 1 amide bonds. The van der Waals surface area contributed by atoms with Crippen LogP contribution in [0.2, 0.25) is 5.02 Å². The van der Waals surface area contributed by atoms with Crippen molar-refractivity contribution in [2.75, 3.05) is 18.6 Å². The third kappa shape index (κ3) is 4.40. The highest BCUT2D eigenvalue weighted by atomic mass is 35.5. The van der Waals surface area contributed by atoms with Gasteiger partial charge in [-0.1, -0.05) is 23.7 Å². The molecular weight excluding hydrogens is 527 g/mol. The van der Waals surface area contributed by atoms with E-state index >= 15 is 0 Å². The Morgan fingerprint density at radius 1 is 1.11 bits per heavy atom. The fourth-order valence-corrected chi connectivity index (χ4v) is 4.88. The molecule has 200 valence electrons. The first-order valence-corrected chi connectivity index (χ1v) is 11.9. The lowest BCUT2D eigenvalue weighted by molar-refractivity contribution is -0.138. The number of anilines is 1. The van der Waals surface area contributed by atoms with E-state index in [1.165, 1.54) is 24.0 Å². The summed E-state index contributed by atoms with van der Waals surface area (Å²) >= 11 is 5.82. The highest BCUT2D eigenvalue weighted by Crippen LogP contribution is 2.41. The van der Waals surface area contributed by atoms with Crippen molar-refractivity contribution in [2.24, 2.45) is 0 Å². The minimum atomic E-state index is -4.86. The van der Waals surface area contributed by atoms with Crippen LogP contribution in [0.15, 0.2) is 52.2 Å². The van der Waals surface area contributed by atoms with Crippen LogP contribution >= 0.6 is 11.6 Å². The summed E-state index contributed by atoms with van der Waals surface area (Å²) in [6, 6.07) is 8.11. The van der Waals surface area contributed by atoms with Gasteiger partial charge in [0, 0.05) is 18.9 Å². The van der Waals surface area contributed by atoms with Crippen LogP contribution in [-0.4, -0.2) is 34.7 Å². The second-order valence-corrected chi connectivity index (χ2v) is 9.68. The van der Waals surface area contributed by atoms with Crippen LogP contribution in [0.4, 0.5) is 18.9 Å². The topological polar surface area (TPSA) is 90.6 Å². The summed E-state index contributed by atoms with van der Waals surface area (Å²) in [5, 5.41) is -0.598. The van der Waals surface area contributed by atoms with Crippen molar-refractivity contribution < 1.29 is 27.5 Å². The van der Waals surface area contributed by atoms with Gasteiger partial charge in [-0.05, 0) is 56.2 Å². The molecular formula is C26H23ClF3N3O5. The van der Waals surface area contributed by atoms with Crippen LogP contribution in [0, 0.1) is 0 Å². The molecule has 0 saturated carbocycles. The highest BCUT2D eigenvalue weighted by molar-refractivity contribution is 6.31. The average molecular weight is 550 g/mol. The number of halogens is 4. The molecule has 0 fully saturated rings. The molecule has 0 unspecified atom stereocenters. The van der Waals surface area contributed by atoms with Crippen LogP contribution in [0.25, 0.3) is 5.69 Å². The lowest BCUT2D eigenvalue weighted by atomic mass is 9.86. The van der Waals surface area contributed by atoms with Crippen molar-refractivity contribution >= 4 is 29.2 Å². The van der Waals surface area contributed by atoms with Gasteiger partial charge in [-0.3, -0.25) is 18.7 Å². The molecule has 12 heteroatoms. The predicted octanol–water partition coefficient (Wildman–Crippen LogP) is 4.15. The minimum Gasteiger partial charge on any atom is -0.462 e. The monoisotopic (exact) mass is 549 g/mol. The summed E-state index contributed by atoms with van der Waals surface area (Å²) in [5.41, 5.74) is -3.79. The number of carbonyl (C=O) groups is 2. The number of rotatable bonds is 5. The van der Waals surface area contributed by atoms with Crippen molar-refractivity contribution in [1.82, 2.24) is 9.13 Å². The SMILES string of the molecule is CCOC(=O)c1cn(-c2ccc3c(c2)C(C)(C)C(=O)N3C)c(=O)n(Cc2cccc(Cl)c2C(F)(F)F)c1=O. The highest BCUT2D eigenvalue weighted by Gasteiger charge is 2.42. The van der Waals surface area contributed by atoms with Gasteiger partial charge in [0.2, 0.25) is 5.91 Å². The van der Waals surface area contributed by atoms with Gasteiger partial charge in [-0.25, -0.2) is 9.59 Å². The minimum absolute atomic E-state index is 0.0780. The summed E-state index contributed by atoms with van der Waals surface area (Å²) in [7, 11) is 1.62. The fourth-order valence-electron chi connectivity index (χ4n) is 4.57. The summed E-state index contributed by atoms with van der Waals surface area (Å²) in [5.74, 6) is -1.21. The average Bonchev–Trinajstić information content (AvgIpc) is 3.00. The quantitative estimate of drug-likeness (QED) is 0.446. The van der Waals surface area contributed by atoms with Gasteiger partial charge < -0.3 is 9.64 Å². The number of hydrogen-bond acceptors (Lipinski definition) is 5. The number of hydrogen-bond donors (Lipinski definition) is 0. The number of amides is 1. The zero-order chi connectivity index (χ0) is 28.2. The Kier molecular flexibility index (Phi) is 6.77. The van der Waals surface area contributed by atoms with E-state index in [0.29, 0.717) is 15.8 Å². The van der Waals surface area contributed by atoms with Crippen LogP contribution < -0.4 is 16.1 Å². The Balaban J connectivity index is 1.97. The summed E-state index contributed by atoms with van der Waals surface area (Å²) in [6.07, 6.45) is -3.86. The number of likely N-dealkylation sites (N-methyl/N-ethyl adjacent to an activating group) is 1. The molecule has 1 aromatic heterocycles. The van der Waals surface area contributed by atoms with Gasteiger partial charge in [0.25, 0.3) is 5.56 Å². The van der Waals surface area contributed by atoms with E-state index in [2.05, 4.69) is 0 Å². The van der Waals surface area contributed by atoms with E-state index < -0.39 is 57.1 Å². The Morgan fingerprint density at radius 3 is 2.42 bits per heavy atom. The maximum absolute atomic E-state index is 13.8. The second-order valence-electron chi connectivity index (χ2n) is 9.27. The number of carbonyl (C=O) groups excluding carboxylic acids is 2. The Labute approximate surface area is 219 Å². The largest absolute Gasteiger partial charge is 0.462 e. The molecule has 0 radical (unpaired) electrons. The van der Waals surface area contributed by atoms with E-state index in [1.807, 2.05) is 0 Å². The summed E-state index contributed by atoms with van der Waals surface area (Å²) < 4.78 is 47.8. The van der Waals surface area contributed by atoms with Crippen molar-refractivity contribution in [1.29, 1.82) is 0 Å². The smallest absolute Gasteiger partial charge is 0.418 e. The molecule has 1 aliphatic heterocycles. The first-order valence-electron chi connectivity index (χ1n) is 11.5. The third-order valence-electron chi connectivity index (χ3n) is 6.51. The Hall–Kier alpha value is -3.86. The molecule has 0 aliphatic carbocycles. The van der Waals surface area contributed by atoms with E-state index in [-0.39, 0.29) is 18.2 Å². The van der Waals surface area contributed by atoms with Gasteiger partial charge in [0.1, 0.15) is 5.56 Å². The number of ether oxygens (including phenoxy) is 1. The zero-order valence-electron chi connectivity index (χ0n) is 20.9. The predicted molar refractivity (Wildman–Crippen MR) is 134 cm³/mol. The third-order valence-corrected chi connectivity index (χ3v) is 6.83. The molecule has 4 rings (SSSR count). The maximum atomic E-state index is 13.8. The standard InChI is InChI=1S/C26H23ClF3N3O5/c1-5-38-22(35)16-13-32(15-9-10-19-17(11-15)25(2,3)23(36)31(19)4)24(37)33(21(16)34)12-14-7-6-8-18(27)20(14)26(28,29)30/h6-11,13H,5,12H2,1-4H3. The molecule has 0 N–H and O–H groups in total. The van der Waals surface area contributed by atoms with Gasteiger partial charge >= 0.3 is 17.8 Å². The number of aromatic nitrogens is 2. The van der Waals surface area contributed by atoms with Crippen LogP contribution in [-0.2, 0) is 27.7 Å². The van der Waals surface area contributed by atoms with Crippen molar-refractivity contribution in [3.8, 4) is 5.69 Å². The second kappa shape index (κ2) is 9.46. The number of esters is 1. The molecule has 8 nitrogen and oxygen atoms in total. The Bertz CT molecular complexity index is 1590. The molecule has 38 heavy (non-hydrogen) atoms. The first-order chi connectivity index (χ1) is 17.7. The van der Waals surface area contributed by atoms with Crippen molar-refractivity contribution in [3.05, 3.63) is 90.7 Å². The van der Waals surface area contributed by atoms with Crippen molar-refractivity contribution in [2.45, 2.75) is 38.9 Å². The van der Waals surface area contributed by atoms with E-state index in [1.54, 1.807) is 33.0 Å². The van der Waals surface area contributed by atoms with E-state index in [0.717, 1.165) is 22.9 Å². The van der Waals surface area contributed by atoms with Crippen LogP contribution in [0.5, 0.6) is 0 Å². The van der Waals surface area contributed by atoms with E-state index in [9.17, 15) is 32.3 Å². The maximum Gasteiger partial charge on any atom is 0.418 e. The lowest BCUT2D eigenvalue weighted by Crippen LogP contribution is -2.42. The van der Waals surface area contributed by atoms with Crippen LogP contribution in [0.3, 0.4) is 0 Å². The molecule has 2 aromatic carbocycles. The summed E-state index contributed by atoms with van der Waals surface area (Å²) in [4.78, 5) is 53.5. The molecule has 0 saturated heterocycles. The van der Waals surface area contributed by atoms with E-state index in [4.69, 9.17) is 16.3 Å². The molecule has 0 atom stereocenters. The molecule has 1 aliphatic rings. The van der Waals surface area contributed by atoms with Crippen molar-refractivity contribution in [3.63, 3.8) is 0 Å². The van der Waals surface area contributed by atoms with Gasteiger partial charge in [0.15, 0.2) is 0 Å². The lowest BCUT2D eigenvalue weighted by Gasteiger charge is -2.18. The summed E-state index contributed by atoms with van der Waals surface area (Å²) in [6.45, 7) is 4.06. The number of benzene rings is 2. The number of fused-ring (bicyclic) bond motifs is 1. The molecule has 0 bridgehead atoms. The molecule has 0 spiro atoms. The number of nitrogens with zero attached hydrogens (tertiary/aromatic N) is 3. The first kappa shape index (κ1) is 27.2. The Morgan fingerprint density at radius 2 is 1.79 bits per heavy atom. The molecule has 3 aromatic rings. The van der Waals surface area contributed by atoms with Gasteiger partial charge in [0.05, 0.1) is 34.8 Å². The van der Waals surface area contributed by atoms with Gasteiger partial charge in [-0.15, -0.1) is 0 Å².